The Hall–Kier alpha value is -0.990. The van der Waals surface area contributed by atoms with Crippen LogP contribution in [0.4, 0.5) is 0 Å². The lowest BCUT2D eigenvalue weighted by Crippen LogP contribution is -2.08. The van der Waals surface area contributed by atoms with Gasteiger partial charge in [0.1, 0.15) is 0 Å². The molecule has 1 N–H and O–H groups in total. The molecule has 0 aliphatic heterocycles. The van der Waals surface area contributed by atoms with Gasteiger partial charge in [0.2, 0.25) is 0 Å². The summed E-state index contributed by atoms with van der Waals surface area (Å²) in [6.07, 6.45) is 0. The topological polar surface area (TPSA) is 46.5 Å². The van der Waals surface area contributed by atoms with Gasteiger partial charge in [-0.25, -0.2) is 4.79 Å². The Kier molecular flexibility index (Phi) is 3.54. The fraction of sp³-hybridized carbons (Fsp3) is 0.571. The Labute approximate surface area is 60.3 Å². The number of esters is 1. The van der Waals surface area contributed by atoms with E-state index in [9.17, 15) is 4.79 Å². The molecule has 0 aromatic carbocycles. The molecule has 0 aliphatic rings. The second-order valence-electron chi connectivity index (χ2n) is 2.07. The van der Waals surface area contributed by atoms with Crippen molar-refractivity contribution < 1.29 is 14.6 Å². The van der Waals surface area contributed by atoms with Gasteiger partial charge < -0.3 is 9.84 Å². The maximum Gasteiger partial charge on any atom is 0.373 e. The van der Waals surface area contributed by atoms with E-state index in [1.807, 2.05) is 0 Å². The molecule has 0 radical (unpaired) electrons. The summed E-state index contributed by atoms with van der Waals surface area (Å²) in [4.78, 5) is 10.7. The number of aliphatic hydroxyl groups is 1. The average Bonchev–Trinajstić information content (AvgIpc) is 1.87. The second kappa shape index (κ2) is 3.93. The van der Waals surface area contributed by atoms with E-state index in [-0.39, 0.29) is 12.4 Å². The van der Waals surface area contributed by atoms with E-state index in [1.54, 1.807) is 20.8 Å². The van der Waals surface area contributed by atoms with E-state index in [2.05, 4.69) is 4.74 Å². The summed E-state index contributed by atoms with van der Waals surface area (Å²) in [5.74, 6) is -0.940. The fourth-order valence-electron chi connectivity index (χ4n) is 0.404. The van der Waals surface area contributed by atoms with Crippen LogP contribution in [-0.2, 0) is 9.53 Å². The predicted octanol–water partition coefficient (Wildman–Crippen LogP) is 1.40. The molecular formula is C7H12O3. The minimum absolute atomic E-state index is 0.288. The van der Waals surface area contributed by atoms with Crippen LogP contribution in [0.15, 0.2) is 11.3 Å². The number of ether oxygens (including phenoxy) is 1. The molecule has 0 aromatic heterocycles. The number of carbonyl (C=O) groups is 1. The molecular weight excluding hydrogens is 132 g/mol. The van der Waals surface area contributed by atoms with Gasteiger partial charge in [-0.3, -0.25) is 0 Å². The maximum atomic E-state index is 10.7. The molecule has 3 nitrogen and oxygen atoms in total. The molecule has 0 amide bonds. The first-order chi connectivity index (χ1) is 4.59. The first-order valence-electron chi connectivity index (χ1n) is 3.13. The predicted molar refractivity (Wildman–Crippen MR) is 37.6 cm³/mol. The van der Waals surface area contributed by atoms with Crippen LogP contribution in [-0.4, -0.2) is 17.7 Å². The van der Waals surface area contributed by atoms with Crippen molar-refractivity contribution in [2.45, 2.75) is 20.8 Å². The van der Waals surface area contributed by atoms with E-state index in [4.69, 9.17) is 5.11 Å². The van der Waals surface area contributed by atoms with Crippen molar-refractivity contribution in [3.05, 3.63) is 11.3 Å². The van der Waals surface area contributed by atoms with Gasteiger partial charge in [0.05, 0.1) is 6.61 Å². The van der Waals surface area contributed by atoms with Gasteiger partial charge in [-0.05, 0) is 26.3 Å². The van der Waals surface area contributed by atoms with Crippen molar-refractivity contribution in [1.82, 2.24) is 0 Å². The number of hydrogen-bond donors (Lipinski definition) is 1. The highest BCUT2D eigenvalue weighted by atomic mass is 16.5. The summed E-state index contributed by atoms with van der Waals surface area (Å²) in [5, 5.41) is 8.93. The van der Waals surface area contributed by atoms with Crippen molar-refractivity contribution in [3.63, 3.8) is 0 Å². The molecule has 0 heterocycles. The van der Waals surface area contributed by atoms with E-state index >= 15 is 0 Å². The molecule has 58 valence electrons. The van der Waals surface area contributed by atoms with E-state index in [0.717, 1.165) is 0 Å². The van der Waals surface area contributed by atoms with Crippen molar-refractivity contribution >= 4 is 5.97 Å². The summed E-state index contributed by atoms with van der Waals surface area (Å²) in [6.45, 7) is 5.27. The monoisotopic (exact) mass is 144 g/mol. The van der Waals surface area contributed by atoms with Crippen LogP contribution in [0.25, 0.3) is 0 Å². The SMILES string of the molecule is CCOC(=O)C(O)=C(C)C. The number of carbonyl (C=O) groups excluding carboxylic acids is 1. The number of aliphatic hydroxyl groups excluding tert-OH is 1. The summed E-state index contributed by atoms with van der Waals surface area (Å²) in [7, 11) is 0. The van der Waals surface area contributed by atoms with Crippen LogP contribution in [0.1, 0.15) is 20.8 Å². The lowest BCUT2D eigenvalue weighted by atomic mass is 10.3. The first-order valence-corrected chi connectivity index (χ1v) is 3.13. The zero-order chi connectivity index (χ0) is 8.15. The van der Waals surface area contributed by atoms with E-state index < -0.39 is 5.97 Å². The van der Waals surface area contributed by atoms with Crippen molar-refractivity contribution in [3.8, 4) is 0 Å². The van der Waals surface area contributed by atoms with Crippen molar-refractivity contribution in [1.29, 1.82) is 0 Å². The molecule has 3 heteroatoms. The molecule has 0 atom stereocenters. The first kappa shape index (κ1) is 9.01. The Morgan fingerprint density at radius 3 is 2.30 bits per heavy atom. The van der Waals surface area contributed by atoms with Crippen molar-refractivity contribution in [2.75, 3.05) is 6.61 Å². The Bertz CT molecular complexity index is 154. The van der Waals surface area contributed by atoms with Crippen LogP contribution in [0.2, 0.25) is 0 Å². The van der Waals surface area contributed by atoms with Crippen LogP contribution < -0.4 is 0 Å². The third kappa shape index (κ3) is 2.53. The zero-order valence-electron chi connectivity index (χ0n) is 6.47. The van der Waals surface area contributed by atoms with Crippen LogP contribution in [0, 0.1) is 0 Å². The third-order valence-electron chi connectivity index (χ3n) is 0.942. The number of allylic oxidation sites excluding steroid dienone is 1. The minimum atomic E-state index is -0.650. The fourth-order valence-corrected chi connectivity index (χ4v) is 0.404. The van der Waals surface area contributed by atoms with Gasteiger partial charge in [-0.2, -0.15) is 0 Å². The molecule has 0 fully saturated rings. The number of rotatable bonds is 2. The molecule has 0 saturated heterocycles. The molecule has 10 heavy (non-hydrogen) atoms. The number of hydrogen-bond acceptors (Lipinski definition) is 3. The van der Waals surface area contributed by atoms with Gasteiger partial charge in [0.15, 0.2) is 5.76 Å². The molecule has 0 aliphatic carbocycles. The van der Waals surface area contributed by atoms with Crippen LogP contribution >= 0.6 is 0 Å². The molecule has 0 bridgehead atoms. The Balaban J connectivity index is 4.09. The second-order valence-corrected chi connectivity index (χ2v) is 2.07. The summed E-state index contributed by atoms with van der Waals surface area (Å²) < 4.78 is 4.52. The van der Waals surface area contributed by atoms with Gasteiger partial charge in [-0.15, -0.1) is 0 Å². The van der Waals surface area contributed by atoms with Crippen LogP contribution in [0.3, 0.4) is 0 Å². The third-order valence-corrected chi connectivity index (χ3v) is 0.942. The van der Waals surface area contributed by atoms with Crippen LogP contribution in [0.5, 0.6) is 0 Å². The molecule has 0 saturated carbocycles. The normalized spacial score (nSPS) is 8.70. The molecule has 0 unspecified atom stereocenters. The highest BCUT2D eigenvalue weighted by Crippen LogP contribution is 2.00. The minimum Gasteiger partial charge on any atom is -0.502 e. The molecule has 0 rings (SSSR count). The van der Waals surface area contributed by atoms with Gasteiger partial charge >= 0.3 is 5.97 Å². The smallest absolute Gasteiger partial charge is 0.373 e. The van der Waals surface area contributed by atoms with E-state index in [1.165, 1.54) is 0 Å². The highest BCUT2D eigenvalue weighted by Gasteiger charge is 2.08. The summed E-state index contributed by atoms with van der Waals surface area (Å²) in [6, 6.07) is 0. The average molecular weight is 144 g/mol. The molecule has 0 aromatic rings. The lowest BCUT2D eigenvalue weighted by molar-refractivity contribution is -0.141. The maximum absolute atomic E-state index is 10.7. The van der Waals surface area contributed by atoms with E-state index in [0.29, 0.717) is 5.57 Å². The molecule has 0 spiro atoms. The summed E-state index contributed by atoms with van der Waals surface area (Å²) >= 11 is 0. The van der Waals surface area contributed by atoms with Gasteiger partial charge in [0.25, 0.3) is 0 Å². The quantitative estimate of drug-likeness (QED) is 0.362. The summed E-state index contributed by atoms with van der Waals surface area (Å²) in [5.41, 5.74) is 0.568. The largest absolute Gasteiger partial charge is 0.502 e. The van der Waals surface area contributed by atoms with Gasteiger partial charge in [0, 0.05) is 0 Å². The highest BCUT2D eigenvalue weighted by molar-refractivity contribution is 5.86. The Morgan fingerprint density at radius 1 is 1.50 bits per heavy atom. The lowest BCUT2D eigenvalue weighted by Gasteiger charge is -2.00. The van der Waals surface area contributed by atoms with Gasteiger partial charge in [-0.1, -0.05) is 0 Å². The van der Waals surface area contributed by atoms with Crippen molar-refractivity contribution in [2.24, 2.45) is 0 Å². The standard InChI is InChI=1S/C7H12O3/c1-4-10-7(9)6(8)5(2)3/h8H,4H2,1-3H3. The zero-order valence-corrected chi connectivity index (χ0v) is 6.47. The Morgan fingerprint density at radius 2 is 2.00 bits per heavy atom.